The predicted octanol–water partition coefficient (Wildman–Crippen LogP) is 3.09. The molecule has 4 nitrogen and oxygen atoms in total. The van der Waals surface area contributed by atoms with Gasteiger partial charge < -0.3 is 9.47 Å². The highest BCUT2D eigenvalue weighted by Crippen LogP contribution is 2.85. The molecule has 0 aliphatic heterocycles. The molecule has 5 heteroatoms. The Bertz CT molecular complexity index is 820. The van der Waals surface area contributed by atoms with Gasteiger partial charge in [0.15, 0.2) is 0 Å². The van der Waals surface area contributed by atoms with Crippen LogP contribution in [-0.2, 0) is 19.1 Å². The highest BCUT2D eigenvalue weighted by molar-refractivity contribution is 7.08. The maximum absolute atomic E-state index is 12.6. The maximum atomic E-state index is 12.6. The minimum absolute atomic E-state index is 0.110. The molecule has 2 bridgehead atoms. The van der Waals surface area contributed by atoms with E-state index in [0.717, 1.165) is 6.42 Å². The number of allylic oxidation sites excluding steroid dienone is 4. The fraction of sp³-hybridized carbons (Fsp3) is 0.368. The third-order valence-corrected chi connectivity index (χ3v) is 7.06. The molecule has 1 heterocycles. The van der Waals surface area contributed by atoms with Gasteiger partial charge in [-0.2, -0.15) is 11.3 Å². The summed E-state index contributed by atoms with van der Waals surface area (Å²) < 4.78 is 10.1. The number of esters is 2. The Morgan fingerprint density at radius 2 is 1.42 bits per heavy atom. The van der Waals surface area contributed by atoms with E-state index in [1.54, 1.807) is 11.3 Å². The van der Waals surface area contributed by atoms with Crippen molar-refractivity contribution in [3.63, 3.8) is 0 Å². The molecule has 0 radical (unpaired) electrons. The lowest BCUT2D eigenvalue weighted by molar-refractivity contribution is -0.140. The molecule has 4 atom stereocenters. The van der Waals surface area contributed by atoms with E-state index in [1.165, 1.54) is 25.3 Å². The summed E-state index contributed by atoms with van der Waals surface area (Å²) in [5.74, 6) is -1.10. The number of carbonyl (C=O) groups excluding carboxylic acids is 2. The van der Waals surface area contributed by atoms with Gasteiger partial charge in [0.2, 0.25) is 0 Å². The van der Waals surface area contributed by atoms with Crippen LogP contribution >= 0.6 is 11.3 Å². The minimum atomic E-state index is -0.417. The minimum Gasteiger partial charge on any atom is -0.466 e. The molecular formula is C19H16O4S. The van der Waals surface area contributed by atoms with E-state index in [-0.39, 0.29) is 22.7 Å². The van der Waals surface area contributed by atoms with Gasteiger partial charge in [0.1, 0.15) is 0 Å². The molecule has 0 N–H and O–H groups in total. The third kappa shape index (κ3) is 1.29. The molecule has 24 heavy (non-hydrogen) atoms. The molecular weight excluding hydrogens is 324 g/mol. The standard InChI is InChI=1S/C19H16O4S/c1-22-16(20)12-13(17(21)23-2)15-11-8-24-7-10(11)14(12)18-5-3-4-6-19(15,18)9-18/h3-8,14-15H,9H2,1-2H3. The lowest BCUT2D eigenvalue weighted by Gasteiger charge is -2.47. The number of ether oxygens (including phenoxy) is 2. The Labute approximate surface area is 143 Å². The number of hydrogen-bond donors (Lipinski definition) is 0. The summed E-state index contributed by atoms with van der Waals surface area (Å²) in [5.41, 5.74) is 3.11. The second kappa shape index (κ2) is 4.28. The van der Waals surface area contributed by atoms with Gasteiger partial charge in [-0.1, -0.05) is 24.3 Å². The van der Waals surface area contributed by atoms with E-state index in [2.05, 4.69) is 35.1 Å². The van der Waals surface area contributed by atoms with E-state index in [4.69, 9.17) is 9.47 Å². The average molecular weight is 340 g/mol. The second-order valence-corrected chi connectivity index (χ2v) is 7.68. The zero-order chi connectivity index (χ0) is 16.7. The van der Waals surface area contributed by atoms with Gasteiger partial charge in [-0.3, -0.25) is 0 Å². The van der Waals surface area contributed by atoms with Crippen molar-refractivity contribution in [2.24, 2.45) is 10.8 Å². The fourth-order valence-corrected chi connectivity index (χ4v) is 6.32. The molecule has 0 amide bonds. The van der Waals surface area contributed by atoms with E-state index in [9.17, 15) is 9.59 Å². The molecule has 1 aromatic heterocycles. The molecule has 0 aromatic carbocycles. The molecule has 1 saturated carbocycles. The lowest BCUT2D eigenvalue weighted by atomic mass is 9.54. The largest absolute Gasteiger partial charge is 0.466 e. The van der Waals surface area contributed by atoms with Crippen LogP contribution in [0, 0.1) is 10.8 Å². The molecule has 0 saturated heterocycles. The molecule has 122 valence electrons. The quantitative estimate of drug-likeness (QED) is 0.777. The molecule has 5 aliphatic rings. The first-order valence-electron chi connectivity index (χ1n) is 7.95. The summed E-state index contributed by atoms with van der Waals surface area (Å²) in [7, 11) is 2.74. The lowest BCUT2D eigenvalue weighted by Crippen LogP contribution is -2.43. The SMILES string of the molecule is COC(=O)C1=C(C(=O)OC)C2c3cscc3C1C13C=CC=CC21C3. The molecule has 4 unspecified atom stereocenters. The normalized spacial score (nSPS) is 36.8. The predicted molar refractivity (Wildman–Crippen MR) is 88.6 cm³/mol. The van der Waals surface area contributed by atoms with Gasteiger partial charge in [-0.25, -0.2) is 9.59 Å². The van der Waals surface area contributed by atoms with Gasteiger partial charge in [-0.05, 0) is 28.3 Å². The van der Waals surface area contributed by atoms with Crippen molar-refractivity contribution in [2.75, 3.05) is 14.2 Å². The van der Waals surface area contributed by atoms with Gasteiger partial charge in [0.25, 0.3) is 0 Å². The second-order valence-electron chi connectivity index (χ2n) is 6.93. The van der Waals surface area contributed by atoms with Crippen molar-refractivity contribution < 1.29 is 19.1 Å². The van der Waals surface area contributed by atoms with Crippen molar-refractivity contribution in [1.29, 1.82) is 0 Å². The first-order chi connectivity index (χ1) is 11.6. The molecule has 1 fully saturated rings. The maximum Gasteiger partial charge on any atom is 0.334 e. The van der Waals surface area contributed by atoms with Crippen molar-refractivity contribution in [1.82, 2.24) is 0 Å². The van der Waals surface area contributed by atoms with Crippen LogP contribution in [0.3, 0.4) is 0 Å². The third-order valence-electron chi connectivity index (χ3n) is 6.28. The Balaban J connectivity index is 1.86. The summed E-state index contributed by atoms with van der Waals surface area (Å²) in [6, 6.07) is 0. The Kier molecular flexibility index (Phi) is 2.53. The topological polar surface area (TPSA) is 52.6 Å². The highest BCUT2D eigenvalue weighted by Gasteiger charge is 2.79. The number of thiophene rings is 1. The first kappa shape index (κ1) is 14.2. The molecule has 6 rings (SSSR count). The van der Waals surface area contributed by atoms with Gasteiger partial charge >= 0.3 is 11.9 Å². The Morgan fingerprint density at radius 1 is 0.958 bits per heavy atom. The van der Waals surface area contributed by atoms with Crippen LogP contribution in [-0.4, -0.2) is 26.2 Å². The monoisotopic (exact) mass is 340 g/mol. The summed E-state index contributed by atoms with van der Waals surface area (Å²) in [6.45, 7) is 0. The van der Waals surface area contributed by atoms with Gasteiger partial charge in [0.05, 0.1) is 25.4 Å². The molecule has 1 aromatic rings. The summed E-state index contributed by atoms with van der Waals surface area (Å²) in [6.07, 6.45) is 9.52. The number of methoxy groups -OCH3 is 2. The van der Waals surface area contributed by atoms with Crippen molar-refractivity contribution in [2.45, 2.75) is 18.3 Å². The van der Waals surface area contributed by atoms with Gasteiger partial charge in [0, 0.05) is 22.7 Å². The zero-order valence-corrected chi connectivity index (χ0v) is 14.2. The van der Waals surface area contributed by atoms with E-state index >= 15 is 0 Å². The summed E-state index contributed by atoms with van der Waals surface area (Å²) >= 11 is 1.63. The van der Waals surface area contributed by atoms with Crippen LogP contribution in [0.15, 0.2) is 46.2 Å². The van der Waals surface area contributed by atoms with E-state index < -0.39 is 11.9 Å². The molecule has 5 aliphatic carbocycles. The van der Waals surface area contributed by atoms with Crippen LogP contribution in [0.25, 0.3) is 0 Å². The summed E-state index contributed by atoms with van der Waals surface area (Å²) in [4.78, 5) is 25.3. The van der Waals surface area contributed by atoms with E-state index in [0.29, 0.717) is 11.1 Å². The average Bonchev–Trinajstić information content (AvgIpc) is 3.11. The number of rotatable bonds is 2. The number of hydrogen-bond acceptors (Lipinski definition) is 5. The van der Waals surface area contributed by atoms with Crippen molar-refractivity contribution >= 4 is 23.3 Å². The highest BCUT2D eigenvalue weighted by atomic mass is 32.1. The van der Waals surface area contributed by atoms with Crippen molar-refractivity contribution in [3.05, 3.63) is 57.3 Å². The Hall–Kier alpha value is -2.14. The van der Waals surface area contributed by atoms with Crippen molar-refractivity contribution in [3.8, 4) is 0 Å². The van der Waals surface area contributed by atoms with E-state index in [1.807, 2.05) is 0 Å². The van der Waals surface area contributed by atoms with Crippen LogP contribution in [0.4, 0.5) is 0 Å². The fourth-order valence-electron chi connectivity index (χ4n) is 5.41. The first-order valence-corrected chi connectivity index (χ1v) is 8.89. The van der Waals surface area contributed by atoms with Crippen LogP contribution in [0.1, 0.15) is 29.4 Å². The number of carbonyl (C=O) groups is 2. The van der Waals surface area contributed by atoms with Crippen LogP contribution in [0.5, 0.6) is 0 Å². The van der Waals surface area contributed by atoms with Crippen LogP contribution < -0.4 is 0 Å². The smallest absolute Gasteiger partial charge is 0.334 e. The Morgan fingerprint density at radius 3 is 1.83 bits per heavy atom. The molecule has 0 spiro atoms. The zero-order valence-electron chi connectivity index (χ0n) is 13.4. The van der Waals surface area contributed by atoms with Gasteiger partial charge in [-0.15, -0.1) is 0 Å². The summed E-state index contributed by atoms with van der Waals surface area (Å²) in [5, 5.41) is 4.24. The van der Waals surface area contributed by atoms with Crippen LogP contribution in [0.2, 0.25) is 0 Å².